The lowest BCUT2D eigenvalue weighted by atomic mass is 10.0. The average Bonchev–Trinajstić information content (AvgIpc) is 3.05. The van der Waals surface area contributed by atoms with Gasteiger partial charge in [0.25, 0.3) is 0 Å². The van der Waals surface area contributed by atoms with Crippen molar-refractivity contribution in [3.8, 4) is 0 Å². The van der Waals surface area contributed by atoms with Crippen molar-refractivity contribution in [3.63, 3.8) is 0 Å². The molecule has 0 saturated carbocycles. The maximum Gasteiger partial charge on any atom is 0.306 e. The van der Waals surface area contributed by atoms with Gasteiger partial charge >= 0.3 is 11.9 Å². The standard InChI is InChI=1S/C40H72O6/c1-3-5-7-8-9-10-11-12-13-14-15-16-19-22-25-29-33-39(43)45-36-38(35-41)46-40(44)34-30-26-23-20-17-18-21-24-28-32-37(42)31-27-6-4-2/h21,24,28,32,38,41H,3-20,22-23,25-27,29-31,33-36H2,1-2H3/b24-21-,32-28+/t38-/m0/s1. The van der Waals surface area contributed by atoms with Crippen LogP contribution in [0.3, 0.4) is 0 Å². The van der Waals surface area contributed by atoms with Crippen molar-refractivity contribution in [2.75, 3.05) is 13.2 Å². The normalized spacial score (nSPS) is 12.2. The summed E-state index contributed by atoms with van der Waals surface area (Å²) >= 11 is 0. The predicted molar refractivity (Wildman–Crippen MR) is 192 cm³/mol. The molecule has 0 saturated heterocycles. The van der Waals surface area contributed by atoms with E-state index in [1.54, 1.807) is 6.08 Å². The Bertz CT molecular complexity index is 759. The third kappa shape index (κ3) is 33.4. The van der Waals surface area contributed by atoms with Crippen molar-refractivity contribution in [2.45, 2.75) is 200 Å². The van der Waals surface area contributed by atoms with Crippen LogP contribution in [0, 0.1) is 0 Å². The third-order valence-electron chi connectivity index (χ3n) is 8.47. The highest BCUT2D eigenvalue weighted by molar-refractivity contribution is 5.89. The minimum atomic E-state index is -0.797. The first-order valence-electron chi connectivity index (χ1n) is 19.3. The SMILES string of the molecule is CCCCCCCCCCCCCCCCCCC(=O)OC[C@H](CO)OC(=O)CCCCCCC/C=C\C=C\C(=O)CCCCC. The van der Waals surface area contributed by atoms with Crippen molar-refractivity contribution in [1.82, 2.24) is 0 Å². The molecule has 0 aliphatic rings. The van der Waals surface area contributed by atoms with Gasteiger partial charge in [-0.1, -0.05) is 160 Å². The molecule has 0 aromatic rings. The van der Waals surface area contributed by atoms with E-state index < -0.39 is 6.10 Å². The first-order valence-corrected chi connectivity index (χ1v) is 19.3. The molecule has 6 heteroatoms. The lowest BCUT2D eigenvalue weighted by Crippen LogP contribution is -2.28. The van der Waals surface area contributed by atoms with Crippen molar-refractivity contribution in [3.05, 3.63) is 24.3 Å². The Morgan fingerprint density at radius 3 is 1.50 bits per heavy atom. The Balaban J connectivity index is 3.60. The fourth-order valence-electron chi connectivity index (χ4n) is 5.48. The van der Waals surface area contributed by atoms with E-state index in [-0.39, 0.29) is 30.9 Å². The van der Waals surface area contributed by atoms with E-state index in [1.165, 1.54) is 83.5 Å². The van der Waals surface area contributed by atoms with Crippen LogP contribution in [-0.2, 0) is 23.9 Å². The van der Waals surface area contributed by atoms with Crippen LogP contribution >= 0.6 is 0 Å². The van der Waals surface area contributed by atoms with Gasteiger partial charge in [-0.05, 0) is 38.2 Å². The average molecular weight is 649 g/mol. The van der Waals surface area contributed by atoms with Crippen molar-refractivity contribution in [1.29, 1.82) is 0 Å². The van der Waals surface area contributed by atoms with Crippen LogP contribution in [0.5, 0.6) is 0 Å². The number of unbranched alkanes of at least 4 members (excludes halogenated alkanes) is 22. The van der Waals surface area contributed by atoms with Crippen molar-refractivity contribution >= 4 is 17.7 Å². The summed E-state index contributed by atoms with van der Waals surface area (Å²) in [4.78, 5) is 35.9. The van der Waals surface area contributed by atoms with E-state index in [9.17, 15) is 19.5 Å². The number of hydrogen-bond acceptors (Lipinski definition) is 6. The maximum absolute atomic E-state index is 12.1. The Morgan fingerprint density at radius 2 is 0.978 bits per heavy atom. The van der Waals surface area contributed by atoms with E-state index in [0.717, 1.165) is 77.0 Å². The minimum absolute atomic E-state index is 0.0876. The van der Waals surface area contributed by atoms with Gasteiger partial charge in [0.2, 0.25) is 0 Å². The molecule has 0 aromatic heterocycles. The molecule has 6 nitrogen and oxygen atoms in total. The molecule has 0 heterocycles. The van der Waals surface area contributed by atoms with Crippen LogP contribution in [-0.4, -0.2) is 42.1 Å². The number of rotatable bonds is 35. The number of carbonyl (C=O) groups is 3. The molecule has 1 N–H and O–H groups in total. The van der Waals surface area contributed by atoms with Gasteiger partial charge in [0, 0.05) is 19.3 Å². The molecule has 0 unspecified atom stereocenters. The summed E-state index contributed by atoms with van der Waals surface area (Å²) in [5.41, 5.74) is 0. The van der Waals surface area contributed by atoms with Gasteiger partial charge in [0.15, 0.2) is 11.9 Å². The lowest BCUT2D eigenvalue weighted by Gasteiger charge is -2.15. The Morgan fingerprint density at radius 1 is 0.543 bits per heavy atom. The molecule has 0 rings (SSSR count). The summed E-state index contributed by atoms with van der Waals surface area (Å²) in [5, 5.41) is 9.53. The molecule has 0 radical (unpaired) electrons. The largest absolute Gasteiger partial charge is 0.462 e. The molecular formula is C40H72O6. The smallest absolute Gasteiger partial charge is 0.306 e. The second kappa shape index (κ2) is 35.9. The molecule has 0 amide bonds. The van der Waals surface area contributed by atoms with Gasteiger partial charge in [-0.15, -0.1) is 0 Å². The summed E-state index contributed by atoms with van der Waals surface area (Å²) in [7, 11) is 0. The number of aliphatic hydroxyl groups excluding tert-OH is 1. The number of ketones is 1. The number of aliphatic hydroxyl groups is 1. The van der Waals surface area contributed by atoms with E-state index in [0.29, 0.717) is 19.3 Å². The van der Waals surface area contributed by atoms with E-state index >= 15 is 0 Å². The molecule has 0 spiro atoms. The predicted octanol–water partition coefficient (Wildman–Crippen LogP) is 11.1. The van der Waals surface area contributed by atoms with Crippen LogP contribution in [0.25, 0.3) is 0 Å². The highest BCUT2D eigenvalue weighted by Gasteiger charge is 2.16. The fourth-order valence-corrected chi connectivity index (χ4v) is 5.48. The quantitative estimate of drug-likeness (QED) is 0.0318. The zero-order valence-corrected chi connectivity index (χ0v) is 30.1. The summed E-state index contributed by atoms with van der Waals surface area (Å²) in [6, 6.07) is 0. The Hall–Kier alpha value is -1.95. The van der Waals surface area contributed by atoms with Crippen LogP contribution in [0.4, 0.5) is 0 Å². The molecule has 46 heavy (non-hydrogen) atoms. The summed E-state index contributed by atoms with van der Waals surface area (Å²) in [5.74, 6) is -0.447. The molecule has 0 bridgehead atoms. The highest BCUT2D eigenvalue weighted by Crippen LogP contribution is 2.14. The third-order valence-corrected chi connectivity index (χ3v) is 8.47. The second-order valence-corrected chi connectivity index (χ2v) is 13.0. The van der Waals surface area contributed by atoms with E-state index in [4.69, 9.17) is 9.47 Å². The maximum atomic E-state index is 12.1. The van der Waals surface area contributed by atoms with E-state index in [1.807, 2.05) is 12.2 Å². The molecule has 0 aromatic carbocycles. The van der Waals surface area contributed by atoms with E-state index in [2.05, 4.69) is 19.9 Å². The minimum Gasteiger partial charge on any atom is -0.462 e. The Kier molecular flexibility index (Phi) is 34.4. The summed E-state index contributed by atoms with van der Waals surface area (Å²) < 4.78 is 10.6. The van der Waals surface area contributed by atoms with Crippen LogP contribution in [0.2, 0.25) is 0 Å². The molecule has 1 atom stereocenters. The van der Waals surface area contributed by atoms with Gasteiger partial charge in [0.05, 0.1) is 6.61 Å². The van der Waals surface area contributed by atoms with Gasteiger partial charge in [0.1, 0.15) is 6.61 Å². The monoisotopic (exact) mass is 649 g/mol. The first-order chi connectivity index (χ1) is 22.5. The lowest BCUT2D eigenvalue weighted by molar-refractivity contribution is -0.161. The van der Waals surface area contributed by atoms with Gasteiger partial charge in [-0.2, -0.15) is 0 Å². The number of carbonyl (C=O) groups excluding carboxylic acids is 3. The molecular weight excluding hydrogens is 576 g/mol. The first kappa shape index (κ1) is 44.0. The molecule has 0 aliphatic carbocycles. The van der Waals surface area contributed by atoms with Crippen LogP contribution < -0.4 is 0 Å². The van der Waals surface area contributed by atoms with Gasteiger partial charge in [-0.25, -0.2) is 0 Å². The van der Waals surface area contributed by atoms with Crippen LogP contribution in [0.15, 0.2) is 24.3 Å². The van der Waals surface area contributed by atoms with Crippen LogP contribution in [0.1, 0.15) is 194 Å². The van der Waals surface area contributed by atoms with Gasteiger partial charge in [-0.3, -0.25) is 14.4 Å². The number of hydrogen-bond donors (Lipinski definition) is 1. The number of ether oxygens (including phenoxy) is 2. The molecule has 0 aliphatic heterocycles. The van der Waals surface area contributed by atoms with Crippen molar-refractivity contribution in [2.24, 2.45) is 0 Å². The number of esters is 2. The summed E-state index contributed by atoms with van der Waals surface area (Å²) in [6.45, 7) is 3.96. The Labute approximate surface area is 283 Å². The number of allylic oxidation sites excluding steroid dienone is 4. The van der Waals surface area contributed by atoms with Gasteiger partial charge < -0.3 is 14.6 Å². The highest BCUT2D eigenvalue weighted by atomic mass is 16.6. The molecule has 268 valence electrons. The summed E-state index contributed by atoms with van der Waals surface area (Å²) in [6.07, 6.45) is 37.8. The second-order valence-electron chi connectivity index (χ2n) is 13.0. The zero-order valence-electron chi connectivity index (χ0n) is 30.1. The topological polar surface area (TPSA) is 89.9 Å². The fraction of sp³-hybridized carbons (Fsp3) is 0.825. The zero-order chi connectivity index (χ0) is 33.8. The van der Waals surface area contributed by atoms with Crippen molar-refractivity contribution < 1.29 is 29.0 Å². The molecule has 0 fully saturated rings.